The van der Waals surface area contributed by atoms with Gasteiger partial charge in [0, 0.05) is 0 Å². The highest BCUT2D eigenvalue weighted by atomic mass is 16.6. The highest BCUT2D eigenvalue weighted by Crippen LogP contribution is 2.09. The summed E-state index contributed by atoms with van der Waals surface area (Å²) >= 11 is 0. The molecule has 0 saturated carbocycles. The van der Waals surface area contributed by atoms with Crippen molar-refractivity contribution in [3.8, 4) is 5.75 Å². The molecule has 0 fully saturated rings. The Morgan fingerprint density at radius 1 is 1.12 bits per heavy atom. The lowest BCUT2D eigenvalue weighted by molar-refractivity contribution is 0.215. The van der Waals surface area contributed by atoms with E-state index in [1.165, 1.54) is 18.7 Å². The van der Waals surface area contributed by atoms with Crippen LogP contribution in [0.1, 0.15) is 0 Å². The smallest absolute Gasteiger partial charge is 0.410 e. The first-order valence-corrected chi connectivity index (χ1v) is 4.63. The van der Waals surface area contributed by atoms with Gasteiger partial charge in [-0.15, -0.1) is 0 Å². The molecule has 1 N–H and O–H groups in total. The van der Waals surface area contributed by atoms with Crippen LogP contribution in [0.15, 0.2) is 49.1 Å². The largest absolute Gasteiger partial charge is 0.417 e. The summed E-state index contributed by atoms with van der Waals surface area (Å²) < 4.78 is 5.01. The van der Waals surface area contributed by atoms with Crippen molar-refractivity contribution >= 4 is 11.8 Å². The molecule has 0 aliphatic carbocycles. The van der Waals surface area contributed by atoms with Crippen molar-refractivity contribution in [1.29, 1.82) is 0 Å². The molecule has 5 heteroatoms. The molecule has 1 aromatic heterocycles. The predicted octanol–water partition coefficient (Wildman–Crippen LogP) is 2.09. The van der Waals surface area contributed by atoms with E-state index in [-0.39, 0.29) is 0 Å². The number of nitrogens with one attached hydrogen (secondary N) is 1. The van der Waals surface area contributed by atoms with Crippen LogP contribution >= 0.6 is 0 Å². The number of hydrogen-bond donors (Lipinski definition) is 1. The van der Waals surface area contributed by atoms with E-state index >= 15 is 0 Å². The minimum atomic E-state index is -0.569. The Morgan fingerprint density at radius 2 is 1.81 bits per heavy atom. The van der Waals surface area contributed by atoms with Gasteiger partial charge in [0.15, 0.2) is 0 Å². The van der Waals surface area contributed by atoms with Crippen LogP contribution in [0.3, 0.4) is 0 Å². The Kier molecular flexibility index (Phi) is 3.08. The van der Waals surface area contributed by atoms with Crippen molar-refractivity contribution in [3.05, 3.63) is 49.1 Å². The van der Waals surface area contributed by atoms with Crippen LogP contribution in [0.5, 0.6) is 5.75 Å². The number of anilines is 1. The van der Waals surface area contributed by atoms with E-state index in [0.29, 0.717) is 11.4 Å². The topological polar surface area (TPSA) is 64.1 Å². The minimum absolute atomic E-state index is 0.483. The van der Waals surface area contributed by atoms with Crippen LogP contribution in [0.2, 0.25) is 0 Å². The van der Waals surface area contributed by atoms with Gasteiger partial charge in [0.25, 0.3) is 0 Å². The van der Waals surface area contributed by atoms with Crippen molar-refractivity contribution in [2.45, 2.75) is 0 Å². The number of amides is 1. The van der Waals surface area contributed by atoms with Gasteiger partial charge in [0.05, 0.1) is 18.1 Å². The van der Waals surface area contributed by atoms with Crippen molar-refractivity contribution in [3.63, 3.8) is 0 Å². The molecule has 0 aliphatic rings. The summed E-state index contributed by atoms with van der Waals surface area (Å²) in [4.78, 5) is 18.9. The zero-order valence-electron chi connectivity index (χ0n) is 8.33. The van der Waals surface area contributed by atoms with Gasteiger partial charge in [-0.25, -0.2) is 14.8 Å². The van der Waals surface area contributed by atoms with Crippen molar-refractivity contribution in [2.24, 2.45) is 0 Å². The van der Waals surface area contributed by atoms with Crippen LogP contribution in [-0.2, 0) is 0 Å². The number of nitrogens with zero attached hydrogens (tertiary/aromatic N) is 2. The maximum Gasteiger partial charge on any atom is 0.417 e. The van der Waals surface area contributed by atoms with Gasteiger partial charge in [0.1, 0.15) is 12.1 Å². The van der Waals surface area contributed by atoms with Crippen LogP contribution in [0.25, 0.3) is 0 Å². The van der Waals surface area contributed by atoms with Gasteiger partial charge in [-0.3, -0.25) is 5.32 Å². The molecule has 0 radical (unpaired) electrons. The number of benzene rings is 1. The van der Waals surface area contributed by atoms with Gasteiger partial charge in [-0.1, -0.05) is 18.2 Å². The monoisotopic (exact) mass is 215 g/mol. The van der Waals surface area contributed by atoms with Crippen LogP contribution in [0.4, 0.5) is 10.5 Å². The molecule has 0 saturated heterocycles. The van der Waals surface area contributed by atoms with E-state index in [2.05, 4.69) is 15.3 Å². The van der Waals surface area contributed by atoms with Gasteiger partial charge < -0.3 is 4.74 Å². The number of carbonyl (C=O) groups excluding carboxylic acids is 1. The number of hydrogen-bond acceptors (Lipinski definition) is 4. The van der Waals surface area contributed by atoms with Gasteiger partial charge in [-0.2, -0.15) is 0 Å². The average molecular weight is 215 g/mol. The second-order valence-corrected chi connectivity index (χ2v) is 2.95. The molecule has 16 heavy (non-hydrogen) atoms. The third-order valence-corrected chi connectivity index (χ3v) is 1.76. The van der Waals surface area contributed by atoms with Crippen LogP contribution in [0, 0.1) is 0 Å². The Balaban J connectivity index is 1.95. The molecule has 1 aromatic carbocycles. The molecule has 0 unspecified atom stereocenters. The Bertz CT molecular complexity index is 416. The highest BCUT2D eigenvalue weighted by molar-refractivity contribution is 5.85. The van der Waals surface area contributed by atoms with E-state index < -0.39 is 6.09 Å². The van der Waals surface area contributed by atoms with E-state index in [1.54, 1.807) is 24.3 Å². The predicted molar refractivity (Wildman–Crippen MR) is 58.1 cm³/mol. The SMILES string of the molecule is O=C(Nc1cncnc1)Oc1ccccc1. The summed E-state index contributed by atoms with van der Waals surface area (Å²) in [5, 5.41) is 2.50. The molecular formula is C11H9N3O2. The zero-order chi connectivity index (χ0) is 11.2. The standard InChI is InChI=1S/C11H9N3O2/c15-11(14-9-6-12-8-13-7-9)16-10-4-2-1-3-5-10/h1-8H,(H,14,15). The maximum absolute atomic E-state index is 11.4. The Labute approximate surface area is 92.1 Å². The number of carbonyl (C=O) groups is 1. The second-order valence-electron chi connectivity index (χ2n) is 2.95. The summed E-state index contributed by atoms with van der Waals surface area (Å²) in [6, 6.07) is 8.81. The Hall–Kier alpha value is -2.43. The third kappa shape index (κ3) is 2.78. The van der Waals surface area contributed by atoms with Gasteiger partial charge in [-0.05, 0) is 12.1 Å². The number of para-hydroxylation sites is 1. The maximum atomic E-state index is 11.4. The summed E-state index contributed by atoms with van der Waals surface area (Å²) in [7, 11) is 0. The summed E-state index contributed by atoms with van der Waals surface area (Å²) in [5.74, 6) is 0.483. The van der Waals surface area contributed by atoms with E-state index in [4.69, 9.17) is 4.74 Å². The summed E-state index contributed by atoms with van der Waals surface area (Å²) in [6.45, 7) is 0. The molecule has 80 valence electrons. The molecular weight excluding hydrogens is 206 g/mol. The first kappa shape index (κ1) is 10.1. The van der Waals surface area contributed by atoms with E-state index in [9.17, 15) is 4.79 Å². The number of ether oxygens (including phenoxy) is 1. The number of aromatic nitrogens is 2. The third-order valence-electron chi connectivity index (χ3n) is 1.76. The fourth-order valence-electron chi connectivity index (χ4n) is 1.10. The van der Waals surface area contributed by atoms with E-state index in [1.807, 2.05) is 6.07 Å². The van der Waals surface area contributed by atoms with Crippen molar-refractivity contribution in [2.75, 3.05) is 5.32 Å². The fraction of sp³-hybridized carbons (Fsp3) is 0. The van der Waals surface area contributed by atoms with Crippen LogP contribution in [-0.4, -0.2) is 16.1 Å². The normalized spacial score (nSPS) is 9.50. The average Bonchev–Trinajstić information content (AvgIpc) is 2.31. The molecule has 2 aromatic rings. The molecule has 5 nitrogen and oxygen atoms in total. The molecule has 0 aliphatic heterocycles. The van der Waals surface area contributed by atoms with E-state index in [0.717, 1.165) is 0 Å². The fourth-order valence-corrected chi connectivity index (χ4v) is 1.10. The molecule has 2 rings (SSSR count). The van der Waals surface area contributed by atoms with Gasteiger partial charge >= 0.3 is 6.09 Å². The summed E-state index contributed by atoms with van der Waals surface area (Å²) in [5.41, 5.74) is 0.489. The van der Waals surface area contributed by atoms with Crippen molar-refractivity contribution < 1.29 is 9.53 Å². The summed E-state index contributed by atoms with van der Waals surface area (Å²) in [6.07, 6.45) is 3.78. The first-order valence-electron chi connectivity index (χ1n) is 4.63. The van der Waals surface area contributed by atoms with Crippen LogP contribution < -0.4 is 10.1 Å². The first-order chi connectivity index (χ1) is 7.84. The molecule has 1 heterocycles. The molecule has 0 atom stereocenters. The molecule has 1 amide bonds. The molecule has 0 spiro atoms. The van der Waals surface area contributed by atoms with Crippen molar-refractivity contribution in [1.82, 2.24) is 9.97 Å². The second kappa shape index (κ2) is 4.88. The minimum Gasteiger partial charge on any atom is -0.410 e. The lowest BCUT2D eigenvalue weighted by Crippen LogP contribution is -2.16. The van der Waals surface area contributed by atoms with Gasteiger partial charge in [0.2, 0.25) is 0 Å². The number of rotatable bonds is 2. The quantitative estimate of drug-likeness (QED) is 0.833. The zero-order valence-corrected chi connectivity index (χ0v) is 8.33. The Morgan fingerprint density at radius 3 is 2.50 bits per heavy atom. The molecule has 0 bridgehead atoms. The lowest BCUT2D eigenvalue weighted by Gasteiger charge is -2.04. The highest BCUT2D eigenvalue weighted by Gasteiger charge is 2.04. The lowest BCUT2D eigenvalue weighted by atomic mass is 10.3.